The predicted octanol–water partition coefficient (Wildman–Crippen LogP) is 4.76. The van der Waals surface area contributed by atoms with Crippen LogP contribution in [0.5, 0.6) is 0 Å². The third-order valence-corrected chi connectivity index (χ3v) is 3.88. The normalized spacial score (nSPS) is 11.4. The Labute approximate surface area is 132 Å². The predicted molar refractivity (Wildman–Crippen MR) is 89.1 cm³/mol. The molecule has 0 aliphatic rings. The lowest BCUT2D eigenvalue weighted by molar-refractivity contribution is 0.563. The smallest absolute Gasteiger partial charge is 0.181 e. The van der Waals surface area contributed by atoms with Gasteiger partial charge in [0.1, 0.15) is 5.69 Å². The minimum Gasteiger partial charge on any atom is -0.443 e. The summed E-state index contributed by atoms with van der Waals surface area (Å²) in [5.74, 6) is 0.841. The van der Waals surface area contributed by atoms with Gasteiger partial charge in [0, 0.05) is 22.6 Å². The van der Waals surface area contributed by atoms with E-state index in [0.717, 1.165) is 21.5 Å². The maximum atomic E-state index is 5.60. The summed E-state index contributed by atoms with van der Waals surface area (Å²) in [5, 5.41) is 5.77. The third-order valence-electron chi connectivity index (χ3n) is 3.38. The fourth-order valence-corrected chi connectivity index (χ4v) is 2.67. The average molecular weight is 345 g/mol. The fraction of sp³-hybridized carbons (Fsp3) is 0.235. The molecule has 2 aromatic carbocycles. The highest BCUT2D eigenvalue weighted by molar-refractivity contribution is 9.10. The van der Waals surface area contributed by atoms with Crippen LogP contribution in [-0.4, -0.2) is 11.0 Å². The quantitative estimate of drug-likeness (QED) is 0.741. The van der Waals surface area contributed by atoms with E-state index >= 15 is 0 Å². The lowest BCUT2D eigenvalue weighted by atomic mass is 10.0. The largest absolute Gasteiger partial charge is 0.443 e. The zero-order valence-corrected chi connectivity index (χ0v) is 13.6. The molecule has 0 saturated carbocycles. The summed E-state index contributed by atoms with van der Waals surface area (Å²) in [4.78, 5) is 4.32. The summed E-state index contributed by atoms with van der Waals surface area (Å²) < 4.78 is 6.68. The zero-order valence-electron chi connectivity index (χ0n) is 12.1. The third kappa shape index (κ3) is 3.17. The molecule has 0 bridgehead atoms. The minimum absolute atomic E-state index is 0.420. The first-order valence-corrected chi connectivity index (χ1v) is 7.78. The number of nitrogens with zero attached hydrogens (tertiary/aromatic N) is 1. The number of hydrogen-bond donors (Lipinski definition) is 1. The molecule has 0 aliphatic heterocycles. The van der Waals surface area contributed by atoms with E-state index in [1.807, 2.05) is 6.07 Å². The molecule has 0 atom stereocenters. The summed E-state index contributed by atoms with van der Waals surface area (Å²) >= 11 is 3.50. The maximum Gasteiger partial charge on any atom is 0.181 e. The van der Waals surface area contributed by atoms with Crippen molar-refractivity contribution in [2.45, 2.75) is 26.4 Å². The summed E-state index contributed by atoms with van der Waals surface area (Å²) in [7, 11) is 0. The number of hydrogen-bond acceptors (Lipinski definition) is 3. The van der Waals surface area contributed by atoms with Gasteiger partial charge in [-0.3, -0.25) is 0 Å². The van der Waals surface area contributed by atoms with Crippen molar-refractivity contribution in [1.82, 2.24) is 10.3 Å². The van der Waals surface area contributed by atoms with E-state index in [-0.39, 0.29) is 0 Å². The highest BCUT2D eigenvalue weighted by atomic mass is 79.9. The zero-order chi connectivity index (χ0) is 14.8. The molecule has 108 valence electrons. The summed E-state index contributed by atoms with van der Waals surface area (Å²) in [6, 6.07) is 13.0. The molecule has 0 radical (unpaired) electrons. The van der Waals surface area contributed by atoms with Crippen LogP contribution in [0.1, 0.15) is 19.5 Å². The summed E-state index contributed by atoms with van der Waals surface area (Å²) in [6.45, 7) is 4.95. The Bertz CT molecular complexity index is 764. The number of oxazole rings is 1. The highest BCUT2D eigenvalue weighted by Gasteiger charge is 2.11. The summed E-state index contributed by atoms with van der Waals surface area (Å²) in [6.07, 6.45) is 1.51. The van der Waals surface area contributed by atoms with E-state index in [4.69, 9.17) is 4.42 Å². The van der Waals surface area contributed by atoms with Crippen LogP contribution in [-0.2, 0) is 6.54 Å². The molecule has 0 saturated heterocycles. The molecule has 0 unspecified atom stereocenters. The molecular formula is C17H17BrN2O. The number of rotatable bonds is 4. The number of benzene rings is 2. The molecule has 3 rings (SSSR count). The molecule has 4 heteroatoms. The second-order valence-corrected chi connectivity index (χ2v) is 6.29. The Morgan fingerprint density at radius 1 is 1.14 bits per heavy atom. The van der Waals surface area contributed by atoms with E-state index in [2.05, 4.69) is 70.4 Å². The molecule has 1 heterocycles. The second kappa shape index (κ2) is 6.00. The van der Waals surface area contributed by atoms with Crippen molar-refractivity contribution in [2.24, 2.45) is 0 Å². The minimum atomic E-state index is 0.420. The monoisotopic (exact) mass is 344 g/mol. The molecule has 0 aliphatic carbocycles. The van der Waals surface area contributed by atoms with Gasteiger partial charge in [-0.15, -0.1) is 0 Å². The number of nitrogens with one attached hydrogen (secondary N) is 1. The Hall–Kier alpha value is -1.65. The Morgan fingerprint density at radius 3 is 2.71 bits per heavy atom. The number of halogens is 1. The number of aromatic nitrogens is 1. The first kappa shape index (κ1) is 14.3. The maximum absolute atomic E-state index is 5.60. The van der Waals surface area contributed by atoms with Gasteiger partial charge < -0.3 is 9.73 Å². The average Bonchev–Trinajstić information content (AvgIpc) is 2.93. The molecule has 0 spiro atoms. The Morgan fingerprint density at radius 2 is 1.90 bits per heavy atom. The van der Waals surface area contributed by atoms with Crippen molar-refractivity contribution in [1.29, 1.82) is 0 Å². The van der Waals surface area contributed by atoms with Gasteiger partial charge in [-0.05, 0) is 29.0 Å². The molecule has 1 N–H and O–H groups in total. The van der Waals surface area contributed by atoms with Crippen molar-refractivity contribution in [3.63, 3.8) is 0 Å². The van der Waals surface area contributed by atoms with Gasteiger partial charge in [-0.1, -0.05) is 48.0 Å². The van der Waals surface area contributed by atoms with Crippen LogP contribution in [0, 0.1) is 0 Å². The van der Waals surface area contributed by atoms with Crippen molar-refractivity contribution in [3.8, 4) is 11.3 Å². The Balaban J connectivity index is 1.97. The second-order valence-electron chi connectivity index (χ2n) is 5.37. The van der Waals surface area contributed by atoms with E-state index in [1.54, 1.807) is 0 Å². The van der Waals surface area contributed by atoms with Crippen molar-refractivity contribution < 1.29 is 4.42 Å². The molecule has 21 heavy (non-hydrogen) atoms. The van der Waals surface area contributed by atoms with Crippen LogP contribution in [0.3, 0.4) is 0 Å². The molecule has 1 aromatic heterocycles. The van der Waals surface area contributed by atoms with Gasteiger partial charge >= 0.3 is 0 Å². The van der Waals surface area contributed by atoms with Gasteiger partial charge in [0.25, 0.3) is 0 Å². The first-order valence-electron chi connectivity index (χ1n) is 6.99. The molecular weight excluding hydrogens is 328 g/mol. The van der Waals surface area contributed by atoms with E-state index in [9.17, 15) is 0 Å². The lowest BCUT2D eigenvalue weighted by Crippen LogP contribution is -2.22. The fourth-order valence-electron chi connectivity index (χ4n) is 2.29. The number of fused-ring (bicyclic) bond motifs is 1. The van der Waals surface area contributed by atoms with Gasteiger partial charge in [0.15, 0.2) is 12.2 Å². The van der Waals surface area contributed by atoms with Crippen molar-refractivity contribution >= 4 is 26.7 Å². The van der Waals surface area contributed by atoms with Crippen molar-refractivity contribution in [3.05, 3.63) is 53.0 Å². The van der Waals surface area contributed by atoms with Gasteiger partial charge in [0.2, 0.25) is 0 Å². The van der Waals surface area contributed by atoms with Crippen LogP contribution in [0.4, 0.5) is 0 Å². The topological polar surface area (TPSA) is 38.1 Å². The van der Waals surface area contributed by atoms with Crippen molar-refractivity contribution in [2.75, 3.05) is 0 Å². The summed E-state index contributed by atoms with van der Waals surface area (Å²) in [5.41, 5.74) is 2.00. The first-order chi connectivity index (χ1) is 10.1. The SMILES string of the molecule is CC(C)NCc1ncoc1-c1ccc2cc(Br)ccc2c1. The highest BCUT2D eigenvalue weighted by Crippen LogP contribution is 2.28. The van der Waals surface area contributed by atoms with E-state index in [0.29, 0.717) is 12.6 Å². The van der Waals surface area contributed by atoms with Gasteiger partial charge in [0.05, 0.1) is 0 Å². The molecule has 0 amide bonds. The molecule has 3 nitrogen and oxygen atoms in total. The van der Waals surface area contributed by atoms with Crippen LogP contribution in [0.25, 0.3) is 22.1 Å². The van der Waals surface area contributed by atoms with E-state index in [1.165, 1.54) is 17.2 Å². The van der Waals surface area contributed by atoms with Crippen LogP contribution < -0.4 is 5.32 Å². The Kier molecular flexibility index (Phi) is 4.08. The van der Waals surface area contributed by atoms with Crippen LogP contribution in [0.2, 0.25) is 0 Å². The molecule has 3 aromatic rings. The van der Waals surface area contributed by atoms with E-state index < -0.39 is 0 Å². The van der Waals surface area contributed by atoms with Crippen LogP contribution >= 0.6 is 15.9 Å². The molecule has 0 fully saturated rings. The van der Waals surface area contributed by atoms with Gasteiger partial charge in [-0.2, -0.15) is 0 Å². The van der Waals surface area contributed by atoms with Gasteiger partial charge in [-0.25, -0.2) is 4.98 Å². The lowest BCUT2D eigenvalue weighted by Gasteiger charge is -2.07. The standard InChI is InChI=1S/C17H17BrN2O/c1-11(2)19-9-16-17(21-10-20-16)14-4-3-13-8-15(18)6-5-12(13)7-14/h3-8,10-11,19H,9H2,1-2H3. The van der Waals surface area contributed by atoms with Crippen LogP contribution in [0.15, 0.2) is 51.7 Å².